The number of esters is 2. The minimum atomic E-state index is -0.793. The van der Waals surface area contributed by atoms with Crippen molar-refractivity contribution in [3.8, 4) is 12.1 Å². The van der Waals surface area contributed by atoms with Gasteiger partial charge in [-0.2, -0.15) is 10.5 Å². The van der Waals surface area contributed by atoms with Crippen LogP contribution in [0.1, 0.15) is 180 Å². The largest absolute Gasteiger partial charge is 0.460 e. The number of hydrogen-bond donors (Lipinski definition) is 4. The van der Waals surface area contributed by atoms with Gasteiger partial charge in [-0.3, -0.25) is 34.2 Å². The van der Waals surface area contributed by atoms with Crippen LogP contribution in [0.4, 0.5) is 30.2 Å². The number of nitrogen functional groups attached to an aromatic ring is 1. The van der Waals surface area contributed by atoms with Crippen molar-refractivity contribution in [2.75, 3.05) is 33.6 Å². The van der Waals surface area contributed by atoms with E-state index in [4.69, 9.17) is 46.4 Å². The zero-order valence-electron chi connectivity index (χ0n) is 52.0. The van der Waals surface area contributed by atoms with E-state index in [2.05, 4.69) is 20.6 Å². The third kappa shape index (κ3) is 16.5. The molecule has 6 atom stereocenters. The third-order valence-corrected chi connectivity index (χ3v) is 20.2. The molecular formula is C68H76F3N11O6S3. The van der Waals surface area contributed by atoms with Crippen LogP contribution in [0, 0.1) is 57.9 Å². The molecule has 5 aromatic rings. The smallest absolute Gasteiger partial charge is 0.312 e. The van der Waals surface area contributed by atoms with Crippen molar-refractivity contribution in [2.45, 2.75) is 159 Å². The Hall–Kier alpha value is -7.73. The highest BCUT2D eigenvalue weighted by molar-refractivity contribution is 8.14. The number of benzene rings is 3. The molecule has 5 heterocycles. The molecule has 0 saturated heterocycles. The van der Waals surface area contributed by atoms with Crippen molar-refractivity contribution in [3.05, 3.63) is 148 Å². The number of hydrogen-bond acceptors (Lipinski definition) is 18. The number of amides is 2. The van der Waals surface area contributed by atoms with Crippen molar-refractivity contribution >= 4 is 91.4 Å². The van der Waals surface area contributed by atoms with E-state index in [1.807, 2.05) is 53.7 Å². The van der Waals surface area contributed by atoms with E-state index in [9.17, 15) is 28.0 Å². The van der Waals surface area contributed by atoms with Gasteiger partial charge in [0.2, 0.25) is 0 Å². The summed E-state index contributed by atoms with van der Waals surface area (Å²) in [5, 5.41) is 25.2. The Balaban J connectivity index is 0.000000164. The molecule has 17 nitrogen and oxygen atoms in total. The van der Waals surface area contributed by atoms with Crippen LogP contribution in [0.3, 0.4) is 0 Å². The number of carbonyl (C=O) groups is 4. The molecule has 2 aromatic heterocycles. The van der Waals surface area contributed by atoms with E-state index in [-0.39, 0.29) is 71.4 Å². The number of nitrogens with one attached hydrogen (secondary N) is 2. The van der Waals surface area contributed by atoms with Gasteiger partial charge >= 0.3 is 11.9 Å². The van der Waals surface area contributed by atoms with Crippen LogP contribution in [-0.4, -0.2) is 77.4 Å². The average Bonchev–Trinajstić information content (AvgIpc) is 0.792. The van der Waals surface area contributed by atoms with Crippen LogP contribution >= 0.6 is 35.3 Å². The van der Waals surface area contributed by atoms with Crippen LogP contribution in [0.2, 0.25) is 0 Å². The Morgan fingerprint density at radius 2 is 0.934 bits per heavy atom. The van der Waals surface area contributed by atoms with Crippen LogP contribution < -0.4 is 22.1 Å². The van der Waals surface area contributed by atoms with Gasteiger partial charge in [-0.05, 0) is 177 Å². The van der Waals surface area contributed by atoms with Crippen molar-refractivity contribution in [3.63, 3.8) is 0 Å². The van der Waals surface area contributed by atoms with Crippen molar-refractivity contribution in [1.82, 2.24) is 9.97 Å². The molecule has 3 aromatic carbocycles. The molecule has 3 aliphatic carbocycles. The minimum Gasteiger partial charge on any atom is -0.460 e. The summed E-state index contributed by atoms with van der Waals surface area (Å²) < 4.78 is 55.9. The number of nitrogens with two attached hydrogens (primary N) is 2. The van der Waals surface area contributed by atoms with Gasteiger partial charge in [0.15, 0.2) is 5.17 Å². The Bertz CT molecular complexity index is 3730. The lowest BCUT2D eigenvalue weighted by Gasteiger charge is -2.45. The molecule has 0 radical (unpaired) electrons. The van der Waals surface area contributed by atoms with E-state index in [1.165, 1.54) is 78.8 Å². The first kappa shape index (κ1) is 67.7. The third-order valence-electron chi connectivity index (χ3n) is 16.9. The molecular weight excluding hydrogens is 1220 g/mol. The fourth-order valence-electron chi connectivity index (χ4n) is 12.9. The summed E-state index contributed by atoms with van der Waals surface area (Å²) in [6.45, 7) is 11.0. The predicted octanol–water partition coefficient (Wildman–Crippen LogP) is 14.1. The molecule has 3 fully saturated rings. The number of pyridine rings is 2. The summed E-state index contributed by atoms with van der Waals surface area (Å²) >= 11 is 4.67. The van der Waals surface area contributed by atoms with Crippen molar-refractivity contribution in [2.24, 2.45) is 38.5 Å². The van der Waals surface area contributed by atoms with E-state index in [1.54, 1.807) is 47.8 Å². The first-order valence-corrected chi connectivity index (χ1v) is 33.6. The van der Waals surface area contributed by atoms with E-state index in [0.717, 1.165) is 92.9 Å². The first-order chi connectivity index (χ1) is 43.3. The molecule has 478 valence electrons. The quantitative estimate of drug-likeness (QED) is 0.0707. The number of amidine groups is 1. The number of rotatable bonds is 11. The molecule has 91 heavy (non-hydrogen) atoms. The number of aromatic nitrogens is 2. The highest BCUT2D eigenvalue weighted by atomic mass is 32.2. The molecule has 6 N–H and O–H groups in total. The van der Waals surface area contributed by atoms with Gasteiger partial charge < -0.3 is 31.6 Å². The number of ether oxygens (including phenoxy) is 2. The number of nitrogens with zero attached hydrogens (tertiary/aromatic N) is 7. The van der Waals surface area contributed by atoms with Crippen LogP contribution in [0.5, 0.6) is 0 Å². The van der Waals surface area contributed by atoms with Gasteiger partial charge in [0.05, 0.1) is 50.7 Å². The van der Waals surface area contributed by atoms with Gasteiger partial charge in [0, 0.05) is 63.4 Å². The fourth-order valence-corrected chi connectivity index (χ4v) is 16.5. The maximum atomic E-state index is 15.4. The number of fused-ring (bicyclic) bond motifs is 3. The number of thioether (sulfide) groups is 3. The summed E-state index contributed by atoms with van der Waals surface area (Å²) in [5.41, 5.74) is 12.8. The highest BCUT2D eigenvalue weighted by Crippen LogP contribution is 2.53. The number of anilines is 3. The highest BCUT2D eigenvalue weighted by Gasteiger charge is 2.49. The topological polar surface area (TPSA) is 273 Å². The van der Waals surface area contributed by atoms with E-state index < -0.39 is 39.6 Å². The average molecular weight is 1300 g/mol. The van der Waals surface area contributed by atoms with Gasteiger partial charge in [0.25, 0.3) is 11.8 Å². The second-order valence-corrected chi connectivity index (χ2v) is 28.9. The maximum Gasteiger partial charge on any atom is 0.312 e. The molecule has 0 bridgehead atoms. The van der Waals surface area contributed by atoms with Crippen molar-refractivity contribution < 1.29 is 41.8 Å². The minimum absolute atomic E-state index is 0.0544. The number of aliphatic imine (C=N–C) groups is 3. The summed E-state index contributed by atoms with van der Waals surface area (Å²) in [4.78, 5) is 72.7. The molecule has 0 spiro atoms. The summed E-state index contributed by atoms with van der Waals surface area (Å²) in [6.07, 6.45) is 14.1. The second-order valence-electron chi connectivity index (χ2n) is 25.6. The lowest BCUT2D eigenvalue weighted by molar-refractivity contribution is -0.154. The second kappa shape index (κ2) is 28.8. The predicted molar refractivity (Wildman–Crippen MR) is 353 cm³/mol. The zero-order valence-corrected chi connectivity index (χ0v) is 54.5. The van der Waals surface area contributed by atoms with Crippen LogP contribution in [0.25, 0.3) is 0 Å². The normalized spacial score (nSPS) is 23.4. The van der Waals surface area contributed by atoms with Gasteiger partial charge in [-0.25, -0.2) is 23.1 Å². The monoisotopic (exact) mass is 1300 g/mol. The maximum absolute atomic E-state index is 15.4. The molecule has 6 aliphatic rings. The number of halogens is 3. The first-order valence-electron chi connectivity index (χ1n) is 30.7. The van der Waals surface area contributed by atoms with Gasteiger partial charge in [-0.15, -0.1) is 23.5 Å². The Morgan fingerprint density at radius 1 is 0.549 bits per heavy atom. The lowest BCUT2D eigenvalue weighted by atomic mass is 9.69. The standard InChI is InChI=1S/C27H29FN4O3S.C21H20FN5OS.C20H27FN2O2S/c1-26(2,3)35-24(33)13-23-32-27(11-5-4-6-18(27)16-36-23)20-12-19(8-9-21(20)28)31-25(34)22-10-7-17(14-29)15-30-22;22-17-6-5-15(26-19(28)18-7-4-13(10-23)11-25-18)9-16(17)21-8-2-1-3-14(21)12-29-20(24)27-21;1-19(2,3)25-18(24)11-17-23-20(9-5-4-6-13(20)12-26-17)15-10-14(22)7-8-16(15)21/h7-10,12,15,18H,4-6,11,13,16H2,1-3H3,(H,31,34);4-7,9,11,14H,1-3,8,12H2,(H2,24,27)(H,26,28);7-8,10,13H,4-6,9,11-12,22H2,1-3H3/t18-,27-;14-,21-;13-,20-/m000/s1. The molecule has 0 unspecified atom stereocenters. The van der Waals surface area contributed by atoms with Gasteiger partial charge in [0.1, 0.15) is 52.2 Å². The van der Waals surface area contributed by atoms with Crippen molar-refractivity contribution in [1.29, 1.82) is 10.5 Å². The van der Waals surface area contributed by atoms with Crippen LogP contribution in [0.15, 0.2) is 106 Å². The molecule has 23 heteroatoms. The zero-order chi connectivity index (χ0) is 65.3. The fraction of sp³-hybridized carbons (Fsp3) is 0.456. The van der Waals surface area contributed by atoms with Crippen LogP contribution in [-0.2, 0) is 35.7 Å². The van der Waals surface area contributed by atoms with Gasteiger partial charge in [-0.1, -0.05) is 50.3 Å². The lowest BCUT2D eigenvalue weighted by Crippen LogP contribution is -2.43. The molecule has 3 saturated carbocycles. The van der Waals surface area contributed by atoms with E-state index in [0.29, 0.717) is 61.5 Å². The SMILES string of the molecule is CC(C)(C)OC(=O)CC1=N[C@@]2(c3cc(N)ccc3F)CCCC[C@H]2CS1.CC(C)(C)OC(=O)CC1=N[C@@]2(c3cc(NC(=O)c4ccc(C#N)cn4)ccc3F)CCCC[C@H]2CS1.N#Cc1ccc(C(=O)Nc2ccc(F)c([C@]34CCCC[C@H]3CSC(N)=N4)c2)nc1. The Morgan fingerprint density at radius 3 is 1.32 bits per heavy atom. The Kier molecular flexibility index (Phi) is 21.4. The summed E-state index contributed by atoms with van der Waals surface area (Å²) in [7, 11) is 0. The summed E-state index contributed by atoms with van der Waals surface area (Å²) in [5.74, 6) is 0.500. The summed E-state index contributed by atoms with van der Waals surface area (Å²) in [6, 6.07) is 23.7. The number of carbonyl (C=O) groups excluding carboxylic acids is 4. The molecule has 2 amide bonds. The molecule has 3 aliphatic heterocycles. The Labute approximate surface area is 542 Å². The number of nitriles is 2. The van der Waals surface area contributed by atoms with E-state index >= 15 is 4.39 Å². The molecule has 11 rings (SSSR count).